The largest absolute Gasteiger partial charge is 0.497 e. The molecule has 0 radical (unpaired) electrons. The van der Waals surface area contributed by atoms with E-state index < -0.39 is 28.5 Å². The first-order valence-corrected chi connectivity index (χ1v) is 8.70. The molecule has 2 rings (SSSR count). The average molecular weight is 390 g/mol. The maximum Gasteiger partial charge on any atom is 0.334 e. The van der Waals surface area contributed by atoms with Gasteiger partial charge in [0.2, 0.25) is 5.76 Å². The molecule has 9 nitrogen and oxygen atoms in total. The van der Waals surface area contributed by atoms with Gasteiger partial charge in [0.1, 0.15) is 17.5 Å². The van der Waals surface area contributed by atoms with Crippen molar-refractivity contribution in [3.05, 3.63) is 51.4 Å². The number of hydrogen-bond donors (Lipinski definition) is 0. The van der Waals surface area contributed by atoms with Crippen molar-refractivity contribution in [2.75, 3.05) is 13.7 Å². The lowest BCUT2D eigenvalue weighted by molar-refractivity contribution is -0.386. The van der Waals surface area contributed by atoms with Crippen LogP contribution in [0.25, 0.3) is 0 Å². The molecule has 0 amide bonds. The number of methoxy groups -OCH3 is 1. The molecule has 2 unspecified atom stereocenters. The van der Waals surface area contributed by atoms with Crippen molar-refractivity contribution in [1.82, 2.24) is 5.16 Å². The fraction of sp³-hybridized carbons (Fsp3) is 0.421. The lowest BCUT2D eigenvalue weighted by Crippen LogP contribution is -2.31. The van der Waals surface area contributed by atoms with Crippen molar-refractivity contribution in [1.29, 1.82) is 0 Å². The third kappa shape index (κ3) is 4.54. The molecule has 0 spiro atoms. The van der Waals surface area contributed by atoms with E-state index in [9.17, 15) is 19.7 Å². The van der Waals surface area contributed by atoms with Gasteiger partial charge in [-0.05, 0) is 38.5 Å². The predicted octanol–water partition coefficient (Wildman–Crippen LogP) is 2.99. The molecule has 1 aromatic carbocycles. The molecular weight excluding hydrogens is 368 g/mol. The summed E-state index contributed by atoms with van der Waals surface area (Å²) in [5.41, 5.74) is 0.492. The van der Waals surface area contributed by atoms with Crippen molar-refractivity contribution >= 4 is 17.4 Å². The number of esters is 1. The Morgan fingerprint density at radius 2 is 1.93 bits per heavy atom. The zero-order valence-electron chi connectivity index (χ0n) is 16.1. The van der Waals surface area contributed by atoms with E-state index >= 15 is 0 Å². The first-order chi connectivity index (χ1) is 13.3. The van der Waals surface area contributed by atoms with E-state index in [0.717, 1.165) is 0 Å². The van der Waals surface area contributed by atoms with Gasteiger partial charge in [0.15, 0.2) is 5.69 Å². The maximum absolute atomic E-state index is 12.5. The first kappa shape index (κ1) is 21.1. The second-order valence-electron chi connectivity index (χ2n) is 6.22. The molecule has 0 saturated carbocycles. The molecule has 28 heavy (non-hydrogen) atoms. The molecule has 0 fully saturated rings. The maximum atomic E-state index is 12.5. The third-order valence-electron chi connectivity index (χ3n) is 4.41. The number of aromatic nitrogens is 1. The molecule has 0 bridgehead atoms. The molecule has 0 saturated heterocycles. The molecule has 0 aliphatic heterocycles. The third-order valence-corrected chi connectivity index (χ3v) is 4.41. The number of carbonyl (C=O) groups is 2. The van der Waals surface area contributed by atoms with Gasteiger partial charge < -0.3 is 14.0 Å². The molecule has 1 aromatic heterocycles. The summed E-state index contributed by atoms with van der Waals surface area (Å²) in [6, 6.07) is 6.77. The van der Waals surface area contributed by atoms with Crippen LogP contribution in [0.3, 0.4) is 0 Å². The average Bonchev–Trinajstić information content (AvgIpc) is 3.01. The molecule has 150 valence electrons. The summed E-state index contributed by atoms with van der Waals surface area (Å²) in [7, 11) is 1.52. The summed E-state index contributed by atoms with van der Waals surface area (Å²) in [5.74, 6) is -2.36. The van der Waals surface area contributed by atoms with Gasteiger partial charge >= 0.3 is 11.7 Å². The molecule has 0 aliphatic rings. The number of benzene rings is 1. The second kappa shape index (κ2) is 9.12. The fourth-order valence-corrected chi connectivity index (χ4v) is 3.10. The SMILES string of the molecule is CCOC(=O)C(C(C)=O)C(Cc1onc(C)c1[N+](=O)[O-])c1ccc(OC)cc1. The van der Waals surface area contributed by atoms with Crippen LogP contribution in [0.4, 0.5) is 5.69 Å². The van der Waals surface area contributed by atoms with Crippen molar-refractivity contribution in [2.24, 2.45) is 5.92 Å². The van der Waals surface area contributed by atoms with E-state index in [1.807, 2.05) is 0 Å². The number of hydrogen-bond acceptors (Lipinski definition) is 8. The molecule has 2 aromatic rings. The Morgan fingerprint density at radius 1 is 1.29 bits per heavy atom. The van der Waals surface area contributed by atoms with Crippen LogP contribution in [-0.2, 0) is 20.7 Å². The van der Waals surface area contributed by atoms with Crippen molar-refractivity contribution in [3.8, 4) is 5.75 Å². The van der Waals surface area contributed by atoms with Crippen LogP contribution in [0.15, 0.2) is 28.8 Å². The highest BCUT2D eigenvalue weighted by molar-refractivity contribution is 5.98. The molecule has 0 aliphatic carbocycles. The van der Waals surface area contributed by atoms with E-state index in [2.05, 4.69) is 5.16 Å². The molecule has 0 N–H and O–H groups in total. The monoisotopic (exact) mass is 390 g/mol. The minimum atomic E-state index is -1.14. The summed E-state index contributed by atoms with van der Waals surface area (Å²) in [6.45, 7) is 4.50. The van der Waals surface area contributed by atoms with Crippen LogP contribution < -0.4 is 4.74 Å². The lowest BCUT2D eigenvalue weighted by atomic mass is 9.80. The molecular formula is C19H22N2O7. The van der Waals surface area contributed by atoms with E-state index in [-0.39, 0.29) is 30.2 Å². The van der Waals surface area contributed by atoms with E-state index in [0.29, 0.717) is 11.3 Å². The Bertz CT molecular complexity index is 858. The number of nitro groups is 1. The fourth-order valence-electron chi connectivity index (χ4n) is 3.10. The lowest BCUT2D eigenvalue weighted by Gasteiger charge is -2.23. The first-order valence-electron chi connectivity index (χ1n) is 8.70. The molecule has 2 atom stereocenters. The van der Waals surface area contributed by atoms with Gasteiger partial charge in [-0.25, -0.2) is 0 Å². The normalized spacial score (nSPS) is 12.9. The van der Waals surface area contributed by atoms with Crippen molar-refractivity contribution in [2.45, 2.75) is 33.1 Å². The molecule has 9 heteroatoms. The van der Waals surface area contributed by atoms with Gasteiger partial charge in [0.25, 0.3) is 0 Å². The predicted molar refractivity (Wildman–Crippen MR) is 98.1 cm³/mol. The van der Waals surface area contributed by atoms with Gasteiger partial charge in [-0.2, -0.15) is 0 Å². The topological polar surface area (TPSA) is 122 Å². The van der Waals surface area contributed by atoms with E-state index in [1.165, 1.54) is 21.0 Å². The number of rotatable bonds is 9. The number of nitrogens with zero attached hydrogens (tertiary/aromatic N) is 2. The smallest absolute Gasteiger partial charge is 0.334 e. The van der Waals surface area contributed by atoms with Gasteiger partial charge in [-0.15, -0.1) is 0 Å². The Kier molecular flexibility index (Phi) is 6.86. The van der Waals surface area contributed by atoms with Crippen molar-refractivity contribution < 1.29 is 28.5 Å². The minimum Gasteiger partial charge on any atom is -0.497 e. The standard InChI is InChI=1S/C19H22N2O7/c1-5-27-19(23)17(12(3)22)15(13-6-8-14(26-4)9-7-13)10-16-18(21(24)25)11(2)20-28-16/h6-9,15,17H,5,10H2,1-4H3. The Labute approximate surface area is 161 Å². The summed E-state index contributed by atoms with van der Waals surface area (Å²) < 4.78 is 15.4. The number of Topliss-reactive ketones (excluding diaryl/α,β-unsaturated/α-hetero) is 1. The van der Waals surface area contributed by atoms with Gasteiger partial charge in [0.05, 0.1) is 18.6 Å². The van der Waals surface area contributed by atoms with Crippen LogP contribution in [-0.4, -0.2) is 35.5 Å². The number of ketones is 1. The quantitative estimate of drug-likeness (QED) is 0.277. The van der Waals surface area contributed by atoms with Crippen LogP contribution in [0, 0.1) is 23.0 Å². The Hall–Kier alpha value is -3.23. The number of aryl methyl sites for hydroxylation is 1. The summed E-state index contributed by atoms with van der Waals surface area (Å²) in [6.07, 6.45) is -0.0630. The van der Waals surface area contributed by atoms with Crippen LogP contribution in [0.2, 0.25) is 0 Å². The van der Waals surface area contributed by atoms with E-state index in [4.69, 9.17) is 14.0 Å². The second-order valence-corrected chi connectivity index (χ2v) is 6.22. The summed E-state index contributed by atoms with van der Waals surface area (Å²) >= 11 is 0. The highest BCUT2D eigenvalue weighted by Crippen LogP contribution is 2.35. The minimum absolute atomic E-state index is 0.00105. The van der Waals surface area contributed by atoms with Crippen LogP contribution in [0.5, 0.6) is 5.75 Å². The summed E-state index contributed by atoms with van der Waals surface area (Å²) in [5, 5.41) is 15.0. The Morgan fingerprint density at radius 3 is 2.43 bits per heavy atom. The highest BCUT2D eigenvalue weighted by Gasteiger charge is 2.38. The zero-order chi connectivity index (χ0) is 20.8. The van der Waals surface area contributed by atoms with Gasteiger partial charge in [-0.3, -0.25) is 19.7 Å². The highest BCUT2D eigenvalue weighted by atomic mass is 16.6. The number of carbonyl (C=O) groups excluding carboxylic acids is 2. The van der Waals surface area contributed by atoms with Crippen molar-refractivity contribution in [3.63, 3.8) is 0 Å². The molecule has 1 heterocycles. The Balaban J connectivity index is 2.52. The zero-order valence-corrected chi connectivity index (χ0v) is 16.1. The van der Waals surface area contributed by atoms with E-state index in [1.54, 1.807) is 31.2 Å². The number of ether oxygens (including phenoxy) is 2. The van der Waals surface area contributed by atoms with Gasteiger partial charge in [0, 0.05) is 12.3 Å². The van der Waals surface area contributed by atoms with Gasteiger partial charge in [-0.1, -0.05) is 17.3 Å². The van der Waals surface area contributed by atoms with Crippen LogP contribution in [0.1, 0.15) is 36.8 Å². The summed E-state index contributed by atoms with van der Waals surface area (Å²) in [4.78, 5) is 35.6. The van der Waals surface area contributed by atoms with Crippen LogP contribution >= 0.6 is 0 Å².